The third-order valence-electron chi connectivity index (χ3n) is 6.55. The van der Waals surface area contributed by atoms with Gasteiger partial charge in [-0.15, -0.1) is 0 Å². The van der Waals surface area contributed by atoms with Crippen LogP contribution in [0, 0.1) is 3.57 Å². The SMILES string of the molecule is CCOc1ccc(N2C(=O)/C(=C/c3cc(I)c(OCc4cccc5ccccc45)c(OCC)c3)N(C)C2=S)cc1. The number of nitrogens with zero attached hydrogens (tertiary/aromatic N) is 2. The lowest BCUT2D eigenvalue weighted by atomic mass is 10.1. The first kappa shape index (κ1) is 27.9. The number of carbonyl (C=O) groups is 1. The maximum atomic E-state index is 13.5. The number of carbonyl (C=O) groups excluding carboxylic acids is 1. The highest BCUT2D eigenvalue weighted by Crippen LogP contribution is 2.37. The van der Waals surface area contributed by atoms with Crippen LogP contribution in [0.15, 0.2) is 84.6 Å². The Hall–Kier alpha value is -3.63. The molecule has 40 heavy (non-hydrogen) atoms. The summed E-state index contributed by atoms with van der Waals surface area (Å²) < 4.78 is 18.7. The molecule has 1 saturated heterocycles. The molecule has 1 aliphatic heterocycles. The molecule has 6 nitrogen and oxygen atoms in total. The molecule has 1 heterocycles. The van der Waals surface area contributed by atoms with Crippen LogP contribution in [0.25, 0.3) is 16.8 Å². The van der Waals surface area contributed by atoms with Crippen LogP contribution >= 0.6 is 34.8 Å². The Labute approximate surface area is 253 Å². The van der Waals surface area contributed by atoms with Gasteiger partial charge in [0.15, 0.2) is 16.6 Å². The van der Waals surface area contributed by atoms with Crippen molar-refractivity contribution in [1.29, 1.82) is 0 Å². The van der Waals surface area contributed by atoms with E-state index in [-0.39, 0.29) is 5.91 Å². The van der Waals surface area contributed by atoms with E-state index in [2.05, 4.69) is 46.9 Å². The van der Waals surface area contributed by atoms with Gasteiger partial charge in [-0.2, -0.15) is 0 Å². The Morgan fingerprint density at radius 1 is 0.900 bits per heavy atom. The summed E-state index contributed by atoms with van der Waals surface area (Å²) in [5, 5.41) is 2.75. The number of thiocarbonyl (C=S) groups is 1. The Morgan fingerprint density at radius 2 is 1.62 bits per heavy atom. The number of rotatable bonds is 9. The van der Waals surface area contributed by atoms with Crippen molar-refractivity contribution in [2.45, 2.75) is 20.5 Å². The zero-order valence-corrected chi connectivity index (χ0v) is 25.5. The summed E-state index contributed by atoms with van der Waals surface area (Å²) >= 11 is 7.90. The van der Waals surface area contributed by atoms with E-state index in [1.807, 2.05) is 74.5 Å². The fourth-order valence-electron chi connectivity index (χ4n) is 4.64. The lowest BCUT2D eigenvalue weighted by molar-refractivity contribution is -0.114. The number of hydrogen-bond donors (Lipinski definition) is 0. The number of fused-ring (bicyclic) bond motifs is 1. The standard InChI is InChI=1S/C32H29IN2O4S/c1-4-37-25-15-13-24(14-16-25)35-31(36)28(34(3)32(35)40)18-21-17-27(33)30(29(19-21)38-5-2)39-20-23-11-8-10-22-9-6-7-12-26(22)23/h6-19H,4-5,20H2,1-3H3/b28-18-. The molecule has 0 saturated carbocycles. The number of hydrogen-bond acceptors (Lipinski definition) is 5. The average molecular weight is 665 g/mol. The lowest BCUT2D eigenvalue weighted by Gasteiger charge is -2.17. The van der Waals surface area contributed by atoms with Crippen LogP contribution in [0.2, 0.25) is 0 Å². The van der Waals surface area contributed by atoms with Crippen molar-refractivity contribution in [1.82, 2.24) is 4.90 Å². The van der Waals surface area contributed by atoms with Gasteiger partial charge in [0.1, 0.15) is 18.1 Å². The predicted octanol–water partition coefficient (Wildman–Crippen LogP) is 7.43. The Kier molecular flexibility index (Phi) is 8.56. The minimum Gasteiger partial charge on any atom is -0.494 e. The van der Waals surface area contributed by atoms with Crippen LogP contribution in [-0.4, -0.2) is 36.2 Å². The number of benzene rings is 4. The molecule has 1 amide bonds. The molecule has 4 aromatic carbocycles. The molecule has 5 rings (SSSR count). The number of anilines is 1. The van der Waals surface area contributed by atoms with Crippen molar-refractivity contribution in [2.75, 3.05) is 25.2 Å². The van der Waals surface area contributed by atoms with E-state index in [9.17, 15) is 4.79 Å². The quantitative estimate of drug-likeness (QED) is 0.106. The van der Waals surface area contributed by atoms with Gasteiger partial charge in [-0.1, -0.05) is 42.5 Å². The first-order valence-electron chi connectivity index (χ1n) is 13.0. The minimum atomic E-state index is -0.194. The molecular weight excluding hydrogens is 635 g/mol. The van der Waals surface area contributed by atoms with E-state index in [1.54, 1.807) is 11.9 Å². The van der Waals surface area contributed by atoms with Crippen LogP contribution in [0.5, 0.6) is 17.2 Å². The summed E-state index contributed by atoms with van der Waals surface area (Å²) in [6.07, 6.45) is 1.84. The van der Waals surface area contributed by atoms with Crippen LogP contribution < -0.4 is 19.1 Å². The molecular formula is C32H29IN2O4S. The van der Waals surface area contributed by atoms with Crippen molar-refractivity contribution >= 4 is 68.4 Å². The summed E-state index contributed by atoms with van der Waals surface area (Å²) in [6.45, 7) is 5.33. The van der Waals surface area contributed by atoms with Crippen LogP contribution in [-0.2, 0) is 11.4 Å². The highest BCUT2D eigenvalue weighted by Gasteiger charge is 2.37. The number of amides is 1. The van der Waals surface area contributed by atoms with Crippen molar-refractivity contribution < 1.29 is 19.0 Å². The molecule has 0 bridgehead atoms. The Balaban J connectivity index is 1.42. The van der Waals surface area contributed by atoms with Gasteiger partial charge >= 0.3 is 0 Å². The predicted molar refractivity (Wildman–Crippen MR) is 172 cm³/mol. The van der Waals surface area contributed by atoms with Crippen molar-refractivity contribution in [3.63, 3.8) is 0 Å². The van der Waals surface area contributed by atoms with Crippen LogP contribution in [0.3, 0.4) is 0 Å². The smallest absolute Gasteiger partial charge is 0.281 e. The molecule has 0 radical (unpaired) electrons. The van der Waals surface area contributed by atoms with E-state index < -0.39 is 0 Å². The number of ether oxygens (including phenoxy) is 3. The second-order valence-electron chi connectivity index (χ2n) is 9.13. The third-order valence-corrected chi connectivity index (χ3v) is 7.81. The van der Waals surface area contributed by atoms with E-state index >= 15 is 0 Å². The Morgan fingerprint density at radius 3 is 2.38 bits per heavy atom. The molecule has 0 atom stereocenters. The molecule has 1 fully saturated rings. The van der Waals surface area contributed by atoms with Gasteiger partial charge in [0, 0.05) is 7.05 Å². The largest absolute Gasteiger partial charge is 0.494 e. The van der Waals surface area contributed by atoms with Gasteiger partial charge < -0.3 is 19.1 Å². The van der Waals surface area contributed by atoms with Gasteiger partial charge in [-0.05, 0) is 113 Å². The normalized spacial score (nSPS) is 14.3. The first-order chi connectivity index (χ1) is 19.4. The summed E-state index contributed by atoms with van der Waals surface area (Å²) in [6, 6.07) is 25.7. The van der Waals surface area contributed by atoms with E-state index in [4.69, 9.17) is 26.4 Å². The monoisotopic (exact) mass is 664 g/mol. The van der Waals surface area contributed by atoms with Gasteiger partial charge in [0.05, 0.1) is 22.5 Å². The topological polar surface area (TPSA) is 51.2 Å². The maximum Gasteiger partial charge on any atom is 0.281 e. The van der Waals surface area contributed by atoms with Gasteiger partial charge in [-0.3, -0.25) is 9.69 Å². The number of halogens is 1. The molecule has 0 N–H and O–H groups in total. The molecule has 204 valence electrons. The van der Waals surface area contributed by atoms with Gasteiger partial charge in [-0.25, -0.2) is 0 Å². The molecule has 0 aromatic heterocycles. The van der Waals surface area contributed by atoms with E-state index in [0.29, 0.717) is 47.8 Å². The third kappa shape index (κ3) is 5.64. The molecule has 1 aliphatic rings. The molecule has 0 aliphatic carbocycles. The second-order valence-corrected chi connectivity index (χ2v) is 10.7. The van der Waals surface area contributed by atoms with Crippen LogP contribution in [0.4, 0.5) is 5.69 Å². The summed E-state index contributed by atoms with van der Waals surface area (Å²) in [5.74, 6) is 1.85. The molecule has 0 spiro atoms. The summed E-state index contributed by atoms with van der Waals surface area (Å²) in [4.78, 5) is 16.8. The maximum absolute atomic E-state index is 13.5. The average Bonchev–Trinajstić information content (AvgIpc) is 3.16. The summed E-state index contributed by atoms with van der Waals surface area (Å²) in [7, 11) is 1.80. The summed E-state index contributed by atoms with van der Waals surface area (Å²) in [5.41, 5.74) is 3.08. The lowest BCUT2D eigenvalue weighted by Crippen LogP contribution is -2.31. The Bertz CT molecular complexity index is 1600. The molecule has 0 unspecified atom stereocenters. The van der Waals surface area contributed by atoms with Gasteiger partial charge in [0.25, 0.3) is 5.91 Å². The van der Waals surface area contributed by atoms with Crippen molar-refractivity contribution in [3.05, 3.63) is 99.3 Å². The highest BCUT2D eigenvalue weighted by atomic mass is 127. The fourth-order valence-corrected chi connectivity index (χ4v) is 5.71. The second kappa shape index (κ2) is 12.3. The van der Waals surface area contributed by atoms with Crippen molar-refractivity contribution in [3.8, 4) is 17.2 Å². The molecule has 8 heteroatoms. The zero-order chi connectivity index (χ0) is 28.2. The fraction of sp³-hybridized carbons (Fsp3) is 0.188. The van der Waals surface area contributed by atoms with Gasteiger partial charge in [0.2, 0.25) is 0 Å². The van der Waals surface area contributed by atoms with Crippen LogP contribution in [0.1, 0.15) is 25.0 Å². The zero-order valence-electron chi connectivity index (χ0n) is 22.5. The molecule has 4 aromatic rings. The first-order valence-corrected chi connectivity index (χ1v) is 14.5. The minimum absolute atomic E-state index is 0.194. The van der Waals surface area contributed by atoms with Crippen molar-refractivity contribution in [2.24, 2.45) is 0 Å². The highest BCUT2D eigenvalue weighted by molar-refractivity contribution is 14.1. The van der Waals surface area contributed by atoms with E-state index in [0.717, 1.165) is 25.8 Å². The van der Waals surface area contributed by atoms with E-state index in [1.165, 1.54) is 10.3 Å². The number of likely N-dealkylation sites (N-methyl/N-ethyl adjacent to an activating group) is 1.